The van der Waals surface area contributed by atoms with Crippen molar-refractivity contribution in [2.45, 2.75) is 35.7 Å². The molecule has 3 aromatic rings. The fourth-order valence-electron chi connectivity index (χ4n) is 5.76. The number of halogens is 3. The summed E-state index contributed by atoms with van der Waals surface area (Å²) in [7, 11) is -5.55. The first-order valence-corrected chi connectivity index (χ1v) is 13.7. The molecule has 198 valence electrons. The summed E-state index contributed by atoms with van der Waals surface area (Å²) in [5.41, 5.74) is -3.38. The second-order valence-corrected chi connectivity index (χ2v) is 11.7. The third-order valence-corrected chi connectivity index (χ3v) is 8.97. The number of carbonyl (C=O) groups is 2. The summed E-state index contributed by atoms with van der Waals surface area (Å²) in [6.45, 7) is 0. The van der Waals surface area contributed by atoms with Crippen LogP contribution < -0.4 is 10.6 Å². The van der Waals surface area contributed by atoms with Crippen molar-refractivity contribution in [3.63, 3.8) is 0 Å². The molecule has 0 heterocycles. The van der Waals surface area contributed by atoms with E-state index in [-0.39, 0.29) is 23.4 Å². The van der Waals surface area contributed by atoms with Crippen LogP contribution in [0.15, 0.2) is 83.8 Å². The van der Waals surface area contributed by atoms with Gasteiger partial charge in [0.2, 0.25) is 5.91 Å². The van der Waals surface area contributed by atoms with E-state index in [2.05, 4.69) is 10.6 Å². The second-order valence-electron chi connectivity index (χ2n) is 9.74. The lowest BCUT2D eigenvalue weighted by atomic mass is 9.83. The second kappa shape index (κ2) is 9.90. The zero-order chi connectivity index (χ0) is 27.1. The number of amides is 2. The minimum absolute atomic E-state index is 0.0109. The van der Waals surface area contributed by atoms with E-state index < -0.39 is 38.1 Å². The fraction of sp³-hybridized carbons (Fsp3) is 0.286. The normalized spacial score (nSPS) is 22.7. The highest BCUT2D eigenvalue weighted by Crippen LogP contribution is 2.49. The van der Waals surface area contributed by atoms with Crippen LogP contribution in [-0.4, -0.2) is 31.8 Å². The van der Waals surface area contributed by atoms with Gasteiger partial charge in [-0.1, -0.05) is 54.6 Å². The number of hydrogen-bond acceptors (Lipinski definition) is 4. The van der Waals surface area contributed by atoms with Gasteiger partial charge in [-0.15, -0.1) is 0 Å². The molecule has 2 fully saturated rings. The van der Waals surface area contributed by atoms with Crippen LogP contribution in [0.25, 0.3) is 11.1 Å². The summed E-state index contributed by atoms with van der Waals surface area (Å²) >= 11 is 0. The zero-order valence-electron chi connectivity index (χ0n) is 20.1. The molecule has 0 unspecified atom stereocenters. The number of hydrogen-bond donors (Lipinski definition) is 2. The third-order valence-electron chi connectivity index (χ3n) is 7.49. The van der Waals surface area contributed by atoms with Crippen molar-refractivity contribution in [1.29, 1.82) is 0 Å². The Morgan fingerprint density at radius 3 is 2.26 bits per heavy atom. The fourth-order valence-corrected chi connectivity index (χ4v) is 6.56. The molecule has 2 N–H and O–H groups in total. The highest BCUT2D eigenvalue weighted by molar-refractivity contribution is 7.92. The third kappa shape index (κ3) is 4.80. The molecule has 6 nitrogen and oxygen atoms in total. The Labute approximate surface area is 218 Å². The Balaban J connectivity index is 1.37. The van der Waals surface area contributed by atoms with Crippen molar-refractivity contribution in [3.05, 3.63) is 84.4 Å². The maximum atomic E-state index is 13.4. The molecule has 5 rings (SSSR count). The Bertz CT molecular complexity index is 1470. The molecular weight excluding hydrogens is 517 g/mol. The van der Waals surface area contributed by atoms with Gasteiger partial charge in [0, 0.05) is 17.3 Å². The molecule has 2 bridgehead atoms. The molecule has 0 aliphatic heterocycles. The molecule has 2 amide bonds. The number of sulfone groups is 1. The average Bonchev–Trinajstić information content (AvgIpc) is 3.51. The molecule has 3 aromatic carbocycles. The van der Waals surface area contributed by atoms with Gasteiger partial charge in [0.15, 0.2) is 0 Å². The Morgan fingerprint density at radius 1 is 0.842 bits per heavy atom. The maximum Gasteiger partial charge on any atom is 0.501 e. The molecule has 2 aliphatic rings. The SMILES string of the molecule is O=C(N[C@@H]1[C@H]2CC[C@H](C2)[C@@H]1C(=O)Nc1cccc(S(=O)(=O)C(F)(F)F)c1)c1ccccc1-c1ccccc1. The topological polar surface area (TPSA) is 92.3 Å². The van der Waals surface area contributed by atoms with Crippen molar-refractivity contribution >= 4 is 27.3 Å². The summed E-state index contributed by atoms with van der Waals surface area (Å²) < 4.78 is 62.6. The van der Waals surface area contributed by atoms with Gasteiger partial charge in [-0.25, -0.2) is 8.42 Å². The Kier molecular flexibility index (Phi) is 6.77. The number of fused-ring (bicyclic) bond motifs is 2. The van der Waals surface area contributed by atoms with Gasteiger partial charge in [0.25, 0.3) is 15.7 Å². The summed E-state index contributed by atoms with van der Waals surface area (Å²) in [5.74, 6) is -1.25. The summed E-state index contributed by atoms with van der Waals surface area (Å²) in [6.07, 6.45) is 2.42. The Hall–Kier alpha value is -3.66. The largest absolute Gasteiger partial charge is 0.501 e. The molecule has 2 saturated carbocycles. The number of rotatable bonds is 6. The summed E-state index contributed by atoms with van der Waals surface area (Å²) in [5, 5.41) is 5.66. The van der Waals surface area contributed by atoms with E-state index in [9.17, 15) is 31.2 Å². The number of nitrogens with one attached hydrogen (secondary N) is 2. The van der Waals surface area contributed by atoms with E-state index in [4.69, 9.17) is 0 Å². The zero-order valence-corrected chi connectivity index (χ0v) is 20.9. The monoisotopic (exact) mass is 542 g/mol. The Morgan fingerprint density at radius 2 is 1.53 bits per heavy atom. The van der Waals surface area contributed by atoms with Gasteiger partial charge >= 0.3 is 5.51 Å². The van der Waals surface area contributed by atoms with Gasteiger partial charge in [-0.2, -0.15) is 13.2 Å². The standard InChI is InChI=1S/C28H25F3N2O4S/c29-28(30,31)38(36,37)21-10-6-9-20(16-21)32-27(35)24-18-13-14-19(15-18)25(24)33-26(34)23-12-5-4-11-22(23)17-7-2-1-3-8-17/h1-12,16,18-19,24-25H,13-15H2,(H,32,35)(H,33,34)/t18-,19+,24+,25-/m1/s1. The van der Waals surface area contributed by atoms with Crippen molar-refractivity contribution in [1.82, 2.24) is 5.32 Å². The van der Waals surface area contributed by atoms with Gasteiger partial charge in [0.05, 0.1) is 10.8 Å². The highest BCUT2D eigenvalue weighted by Gasteiger charge is 2.51. The first-order valence-electron chi connectivity index (χ1n) is 12.2. The highest BCUT2D eigenvalue weighted by atomic mass is 32.2. The van der Waals surface area contributed by atoms with E-state index in [1.54, 1.807) is 12.1 Å². The molecule has 38 heavy (non-hydrogen) atoms. The van der Waals surface area contributed by atoms with Crippen molar-refractivity contribution < 1.29 is 31.2 Å². The molecular formula is C28H25F3N2O4S. The predicted molar refractivity (Wildman–Crippen MR) is 136 cm³/mol. The number of alkyl halides is 3. The lowest BCUT2D eigenvalue weighted by Crippen LogP contribution is -2.48. The van der Waals surface area contributed by atoms with E-state index in [1.165, 1.54) is 6.07 Å². The van der Waals surface area contributed by atoms with E-state index in [1.807, 2.05) is 42.5 Å². The van der Waals surface area contributed by atoms with Crippen molar-refractivity contribution in [2.24, 2.45) is 17.8 Å². The number of anilines is 1. The lowest BCUT2D eigenvalue weighted by Gasteiger charge is -2.31. The number of carbonyl (C=O) groups excluding carboxylic acids is 2. The summed E-state index contributed by atoms with van der Waals surface area (Å²) in [6, 6.07) is 20.4. The van der Waals surface area contributed by atoms with Gasteiger partial charge in [-0.05, 0) is 66.5 Å². The quantitative estimate of drug-likeness (QED) is 0.435. The minimum Gasteiger partial charge on any atom is -0.348 e. The van der Waals surface area contributed by atoms with Crippen LogP contribution in [0.5, 0.6) is 0 Å². The molecule has 0 aromatic heterocycles. The molecule has 0 saturated heterocycles. The summed E-state index contributed by atoms with van der Waals surface area (Å²) in [4.78, 5) is 25.8. The van der Waals surface area contributed by atoms with Crippen LogP contribution in [0.3, 0.4) is 0 Å². The van der Waals surface area contributed by atoms with Gasteiger partial charge < -0.3 is 10.6 Å². The molecule has 0 radical (unpaired) electrons. The first kappa shape index (κ1) is 26.0. The van der Waals surface area contributed by atoms with Crippen molar-refractivity contribution in [2.75, 3.05) is 5.32 Å². The lowest BCUT2D eigenvalue weighted by molar-refractivity contribution is -0.122. The number of benzene rings is 3. The van der Waals surface area contributed by atoms with E-state index in [0.29, 0.717) is 5.56 Å². The average molecular weight is 543 g/mol. The minimum atomic E-state index is -5.55. The van der Waals surface area contributed by atoms with Gasteiger partial charge in [-0.3, -0.25) is 9.59 Å². The van der Waals surface area contributed by atoms with Crippen LogP contribution in [0, 0.1) is 17.8 Å². The van der Waals surface area contributed by atoms with E-state index >= 15 is 0 Å². The molecule has 2 aliphatic carbocycles. The molecule has 0 spiro atoms. The first-order chi connectivity index (χ1) is 18.1. The van der Waals surface area contributed by atoms with Crippen LogP contribution in [-0.2, 0) is 14.6 Å². The van der Waals surface area contributed by atoms with Crippen LogP contribution in [0.4, 0.5) is 18.9 Å². The maximum absolute atomic E-state index is 13.4. The molecule has 4 atom stereocenters. The van der Waals surface area contributed by atoms with Crippen molar-refractivity contribution in [3.8, 4) is 11.1 Å². The van der Waals surface area contributed by atoms with E-state index in [0.717, 1.165) is 48.6 Å². The van der Waals surface area contributed by atoms with Crippen LogP contribution in [0.2, 0.25) is 0 Å². The van der Waals surface area contributed by atoms with Gasteiger partial charge in [0.1, 0.15) is 0 Å². The predicted octanol–water partition coefficient (Wildman–Crippen LogP) is 5.43. The van der Waals surface area contributed by atoms with Crippen LogP contribution in [0.1, 0.15) is 29.6 Å². The smallest absolute Gasteiger partial charge is 0.348 e. The van der Waals surface area contributed by atoms with Crippen LogP contribution >= 0.6 is 0 Å². The molecule has 10 heteroatoms.